The molecule has 0 aliphatic heterocycles. The van der Waals surface area contributed by atoms with Crippen LogP contribution in [0.25, 0.3) is 6.08 Å². The molecule has 0 aliphatic carbocycles. The molecule has 0 spiro atoms. The Morgan fingerprint density at radius 2 is 1.90 bits per heavy atom. The zero-order valence-electron chi connectivity index (χ0n) is 10.5. The van der Waals surface area contributed by atoms with Crippen molar-refractivity contribution in [3.05, 3.63) is 64.1 Å². The highest BCUT2D eigenvalue weighted by Gasteiger charge is 2.09. The molecule has 0 atom stereocenters. The van der Waals surface area contributed by atoms with Crippen molar-refractivity contribution >= 4 is 28.0 Å². The maximum atomic E-state index is 13.6. The quantitative estimate of drug-likeness (QED) is 0.815. The van der Waals surface area contributed by atoms with Gasteiger partial charge in [0.1, 0.15) is 11.6 Å². The summed E-state index contributed by atoms with van der Waals surface area (Å²) in [5, 5.41) is 8.66. The highest BCUT2D eigenvalue weighted by atomic mass is 79.9. The standard InChI is InChI=1S/C15H9BrF2O3/c16-10-2-5-13(9(7-10)1-6-15(19)20)21-14-8-11(17)3-4-12(14)18/h1-8H,(H,19,20)/b6-1+. The van der Waals surface area contributed by atoms with E-state index in [1.54, 1.807) is 12.1 Å². The van der Waals surface area contributed by atoms with E-state index in [1.807, 2.05) is 0 Å². The van der Waals surface area contributed by atoms with Crippen molar-refractivity contribution in [2.45, 2.75) is 0 Å². The molecule has 2 rings (SSSR count). The Morgan fingerprint density at radius 1 is 1.14 bits per heavy atom. The normalized spacial score (nSPS) is 10.8. The first kappa shape index (κ1) is 15.2. The molecule has 108 valence electrons. The van der Waals surface area contributed by atoms with E-state index >= 15 is 0 Å². The number of benzene rings is 2. The predicted octanol–water partition coefficient (Wildman–Crippen LogP) is 4.62. The molecule has 2 aromatic carbocycles. The van der Waals surface area contributed by atoms with Gasteiger partial charge in [0.05, 0.1) is 0 Å². The summed E-state index contributed by atoms with van der Waals surface area (Å²) >= 11 is 3.24. The first-order valence-corrected chi connectivity index (χ1v) is 6.58. The summed E-state index contributed by atoms with van der Waals surface area (Å²) in [6.45, 7) is 0. The fourth-order valence-electron chi connectivity index (χ4n) is 1.58. The first-order valence-electron chi connectivity index (χ1n) is 5.79. The van der Waals surface area contributed by atoms with Crippen LogP contribution in [0.2, 0.25) is 0 Å². The van der Waals surface area contributed by atoms with Crippen LogP contribution < -0.4 is 4.74 Å². The lowest BCUT2D eigenvalue weighted by Gasteiger charge is -2.10. The summed E-state index contributed by atoms with van der Waals surface area (Å²) in [6, 6.07) is 7.62. The molecule has 0 aliphatic rings. The minimum atomic E-state index is -1.13. The Morgan fingerprint density at radius 3 is 2.62 bits per heavy atom. The van der Waals surface area contributed by atoms with Gasteiger partial charge in [0.25, 0.3) is 0 Å². The molecule has 0 fully saturated rings. The van der Waals surface area contributed by atoms with E-state index in [-0.39, 0.29) is 11.5 Å². The van der Waals surface area contributed by atoms with Crippen LogP contribution in [0.1, 0.15) is 5.56 Å². The minimum absolute atomic E-state index is 0.209. The average molecular weight is 355 g/mol. The molecule has 0 unspecified atom stereocenters. The molecule has 21 heavy (non-hydrogen) atoms. The third kappa shape index (κ3) is 4.13. The molecular formula is C15H9BrF2O3. The van der Waals surface area contributed by atoms with Crippen LogP contribution in [0.5, 0.6) is 11.5 Å². The van der Waals surface area contributed by atoms with Crippen LogP contribution in [0.15, 0.2) is 46.9 Å². The van der Waals surface area contributed by atoms with Gasteiger partial charge in [0.2, 0.25) is 0 Å². The summed E-state index contributed by atoms with van der Waals surface area (Å²) in [5.41, 5.74) is 0.412. The van der Waals surface area contributed by atoms with Gasteiger partial charge in [-0.2, -0.15) is 0 Å². The Kier molecular flexibility index (Phi) is 4.70. The second kappa shape index (κ2) is 6.49. The Bertz CT molecular complexity index is 714. The first-order chi connectivity index (χ1) is 9.95. The van der Waals surface area contributed by atoms with Gasteiger partial charge in [0.15, 0.2) is 11.6 Å². The second-order valence-corrected chi connectivity index (χ2v) is 4.95. The Labute approximate surface area is 127 Å². The Balaban J connectivity index is 2.39. The van der Waals surface area contributed by atoms with E-state index in [4.69, 9.17) is 9.84 Å². The second-order valence-electron chi connectivity index (χ2n) is 4.03. The summed E-state index contributed by atoms with van der Waals surface area (Å²) < 4.78 is 32.7. The molecular weight excluding hydrogens is 346 g/mol. The molecule has 0 saturated carbocycles. The van der Waals surface area contributed by atoms with Crippen molar-refractivity contribution < 1.29 is 23.4 Å². The minimum Gasteiger partial charge on any atom is -0.478 e. The van der Waals surface area contributed by atoms with Gasteiger partial charge in [-0.05, 0) is 36.4 Å². The number of halogens is 3. The van der Waals surface area contributed by atoms with Gasteiger partial charge in [-0.15, -0.1) is 0 Å². The van der Waals surface area contributed by atoms with Crippen LogP contribution in [0.4, 0.5) is 8.78 Å². The van der Waals surface area contributed by atoms with E-state index in [0.29, 0.717) is 10.0 Å². The van der Waals surface area contributed by atoms with E-state index < -0.39 is 17.6 Å². The molecule has 1 N–H and O–H groups in total. The lowest BCUT2D eigenvalue weighted by molar-refractivity contribution is -0.131. The van der Waals surface area contributed by atoms with Gasteiger partial charge in [-0.3, -0.25) is 0 Å². The zero-order chi connectivity index (χ0) is 15.4. The lowest BCUT2D eigenvalue weighted by Crippen LogP contribution is -1.93. The van der Waals surface area contributed by atoms with E-state index in [0.717, 1.165) is 24.3 Å². The van der Waals surface area contributed by atoms with Crippen LogP contribution >= 0.6 is 15.9 Å². The number of hydrogen-bond acceptors (Lipinski definition) is 2. The molecule has 0 amide bonds. The van der Waals surface area contributed by atoms with Crippen LogP contribution in [-0.4, -0.2) is 11.1 Å². The van der Waals surface area contributed by atoms with Crippen molar-refractivity contribution in [3.8, 4) is 11.5 Å². The highest BCUT2D eigenvalue weighted by Crippen LogP contribution is 2.30. The van der Waals surface area contributed by atoms with Gasteiger partial charge in [0, 0.05) is 22.2 Å². The number of hydrogen-bond donors (Lipinski definition) is 1. The van der Waals surface area contributed by atoms with Crippen molar-refractivity contribution in [1.29, 1.82) is 0 Å². The van der Waals surface area contributed by atoms with Crippen molar-refractivity contribution in [2.75, 3.05) is 0 Å². The molecule has 0 saturated heterocycles. The molecule has 3 nitrogen and oxygen atoms in total. The third-order valence-electron chi connectivity index (χ3n) is 2.49. The largest absolute Gasteiger partial charge is 0.478 e. The topological polar surface area (TPSA) is 46.5 Å². The van der Waals surface area contributed by atoms with Crippen LogP contribution in [0, 0.1) is 11.6 Å². The fraction of sp³-hybridized carbons (Fsp3) is 0. The third-order valence-corrected chi connectivity index (χ3v) is 2.98. The van der Waals surface area contributed by atoms with Crippen LogP contribution in [-0.2, 0) is 4.79 Å². The number of ether oxygens (including phenoxy) is 1. The molecule has 0 aromatic heterocycles. The van der Waals surface area contributed by atoms with Gasteiger partial charge in [-0.1, -0.05) is 15.9 Å². The molecule has 2 aromatic rings. The summed E-state index contributed by atoms with van der Waals surface area (Å²) in [7, 11) is 0. The molecule has 6 heteroatoms. The number of carbonyl (C=O) groups is 1. The summed E-state index contributed by atoms with van der Waals surface area (Å²) in [5.74, 6) is -2.54. The van der Waals surface area contributed by atoms with Crippen LogP contribution in [0.3, 0.4) is 0 Å². The van der Waals surface area contributed by atoms with Gasteiger partial charge >= 0.3 is 5.97 Å². The maximum Gasteiger partial charge on any atom is 0.328 e. The number of carboxylic acids is 1. The molecule has 0 heterocycles. The predicted molar refractivity (Wildman–Crippen MR) is 77.2 cm³/mol. The van der Waals surface area contributed by atoms with Crippen molar-refractivity contribution in [2.24, 2.45) is 0 Å². The van der Waals surface area contributed by atoms with Crippen molar-refractivity contribution in [1.82, 2.24) is 0 Å². The van der Waals surface area contributed by atoms with Gasteiger partial charge in [-0.25, -0.2) is 13.6 Å². The average Bonchev–Trinajstić information content (AvgIpc) is 2.43. The fourth-order valence-corrected chi connectivity index (χ4v) is 1.96. The van der Waals surface area contributed by atoms with Crippen molar-refractivity contribution in [3.63, 3.8) is 0 Å². The van der Waals surface area contributed by atoms with E-state index in [9.17, 15) is 13.6 Å². The monoisotopic (exact) mass is 354 g/mol. The number of carboxylic acid groups (broad SMARTS) is 1. The van der Waals surface area contributed by atoms with Gasteiger partial charge < -0.3 is 9.84 Å². The SMILES string of the molecule is O=C(O)/C=C/c1cc(Br)ccc1Oc1cc(F)ccc1F. The summed E-state index contributed by atoms with van der Waals surface area (Å²) in [4.78, 5) is 10.6. The maximum absolute atomic E-state index is 13.6. The molecule has 0 bridgehead atoms. The number of aliphatic carboxylic acids is 1. The number of rotatable bonds is 4. The van der Waals surface area contributed by atoms with E-state index in [2.05, 4.69) is 15.9 Å². The summed E-state index contributed by atoms with van der Waals surface area (Å²) in [6.07, 6.45) is 2.23. The highest BCUT2D eigenvalue weighted by molar-refractivity contribution is 9.10. The smallest absolute Gasteiger partial charge is 0.328 e. The van der Waals surface area contributed by atoms with E-state index in [1.165, 1.54) is 12.1 Å². The lowest BCUT2D eigenvalue weighted by atomic mass is 10.2. The Hall–Kier alpha value is -2.21. The zero-order valence-corrected chi connectivity index (χ0v) is 12.1. The molecule has 0 radical (unpaired) electrons.